The van der Waals surface area contributed by atoms with E-state index in [0.717, 1.165) is 18.9 Å². The molecule has 0 spiro atoms. The number of carbonyl (C=O) groups excluding carboxylic acids is 2. The second kappa shape index (κ2) is 5.93. The number of hydrogen-bond acceptors (Lipinski definition) is 2. The molecule has 19 heavy (non-hydrogen) atoms. The van der Waals surface area contributed by atoms with E-state index < -0.39 is 0 Å². The first kappa shape index (κ1) is 14.4. The predicted octanol–water partition coefficient (Wildman–Crippen LogP) is 1.80. The molecule has 1 N–H and O–H groups in total. The molecule has 1 heterocycles. The fraction of sp³-hybridized carbons (Fsp3) is 0.867. The number of piperazine rings is 1. The fourth-order valence-corrected chi connectivity index (χ4v) is 3.36. The first-order chi connectivity index (χ1) is 8.95. The lowest BCUT2D eigenvalue weighted by atomic mass is 9.99. The van der Waals surface area contributed by atoms with Gasteiger partial charge in [0.25, 0.3) is 0 Å². The molecule has 2 amide bonds. The van der Waals surface area contributed by atoms with Crippen LogP contribution in [0.4, 0.5) is 0 Å². The number of amides is 2. The maximum atomic E-state index is 12.4. The van der Waals surface area contributed by atoms with Gasteiger partial charge in [-0.1, -0.05) is 27.2 Å². The molecule has 0 aromatic carbocycles. The Morgan fingerprint density at radius 3 is 2.63 bits per heavy atom. The first-order valence-electron chi connectivity index (χ1n) is 7.54. The van der Waals surface area contributed by atoms with E-state index in [1.165, 1.54) is 19.3 Å². The summed E-state index contributed by atoms with van der Waals surface area (Å²) in [7, 11) is 0. The number of nitrogens with one attached hydrogen (secondary N) is 1. The van der Waals surface area contributed by atoms with Gasteiger partial charge < -0.3 is 10.2 Å². The zero-order valence-electron chi connectivity index (χ0n) is 12.3. The Morgan fingerprint density at radius 2 is 2.05 bits per heavy atom. The molecule has 1 saturated carbocycles. The summed E-state index contributed by atoms with van der Waals surface area (Å²) in [6.45, 7) is 7.45. The molecule has 3 unspecified atom stereocenters. The maximum absolute atomic E-state index is 12.4. The van der Waals surface area contributed by atoms with Gasteiger partial charge in [-0.25, -0.2) is 0 Å². The third-order valence-corrected chi connectivity index (χ3v) is 4.27. The van der Waals surface area contributed by atoms with Crippen molar-refractivity contribution in [1.82, 2.24) is 10.2 Å². The van der Waals surface area contributed by atoms with Crippen LogP contribution in [0, 0.1) is 17.8 Å². The Bertz CT molecular complexity index is 354. The Labute approximate surface area is 115 Å². The summed E-state index contributed by atoms with van der Waals surface area (Å²) in [6.07, 6.45) is 4.39. The smallest absolute Gasteiger partial charge is 0.245 e. The van der Waals surface area contributed by atoms with Crippen LogP contribution in [-0.2, 0) is 9.59 Å². The van der Waals surface area contributed by atoms with Crippen LogP contribution in [-0.4, -0.2) is 35.8 Å². The van der Waals surface area contributed by atoms with Crippen molar-refractivity contribution in [2.45, 2.75) is 52.5 Å². The van der Waals surface area contributed by atoms with E-state index in [9.17, 15) is 9.59 Å². The largest absolute Gasteiger partial charge is 0.343 e. The second-order valence-electron chi connectivity index (χ2n) is 6.75. The third kappa shape index (κ3) is 3.71. The van der Waals surface area contributed by atoms with Gasteiger partial charge in [0.05, 0.1) is 6.54 Å². The molecule has 3 atom stereocenters. The van der Waals surface area contributed by atoms with Gasteiger partial charge in [0.15, 0.2) is 0 Å². The molecular weight excluding hydrogens is 240 g/mol. The molecule has 4 heteroatoms. The molecule has 0 aromatic heterocycles. The standard InChI is InChI=1S/C15H26N2O2/c1-10(2)6-13-15(19)17(9-14(18)16-13)8-12-5-4-11(3)7-12/h10-13H,4-9H2,1-3H3,(H,16,18). The highest BCUT2D eigenvalue weighted by Crippen LogP contribution is 2.31. The number of nitrogens with zero attached hydrogens (tertiary/aromatic N) is 1. The van der Waals surface area contributed by atoms with Crippen molar-refractivity contribution in [3.63, 3.8) is 0 Å². The summed E-state index contributed by atoms with van der Waals surface area (Å²) in [4.78, 5) is 25.9. The SMILES string of the molecule is CC(C)CC1NC(=O)CN(CC2CCC(C)C2)C1=O. The van der Waals surface area contributed by atoms with Gasteiger partial charge in [-0.15, -0.1) is 0 Å². The summed E-state index contributed by atoms with van der Waals surface area (Å²) in [6, 6.07) is -0.305. The zero-order chi connectivity index (χ0) is 14.0. The summed E-state index contributed by atoms with van der Waals surface area (Å²) in [5.41, 5.74) is 0. The lowest BCUT2D eigenvalue weighted by Crippen LogP contribution is -2.59. The van der Waals surface area contributed by atoms with Crippen LogP contribution >= 0.6 is 0 Å². The van der Waals surface area contributed by atoms with Crippen LogP contribution < -0.4 is 5.32 Å². The van der Waals surface area contributed by atoms with Gasteiger partial charge in [-0.2, -0.15) is 0 Å². The van der Waals surface area contributed by atoms with Crippen molar-refractivity contribution in [2.24, 2.45) is 17.8 Å². The van der Waals surface area contributed by atoms with E-state index in [4.69, 9.17) is 0 Å². The molecule has 2 rings (SSSR count). The Kier molecular flexibility index (Phi) is 4.48. The minimum absolute atomic E-state index is 0.00343. The third-order valence-electron chi connectivity index (χ3n) is 4.27. The molecule has 1 aliphatic heterocycles. The average Bonchev–Trinajstić information content (AvgIpc) is 2.70. The minimum Gasteiger partial charge on any atom is -0.343 e. The molecular formula is C15H26N2O2. The van der Waals surface area contributed by atoms with E-state index in [2.05, 4.69) is 26.1 Å². The average molecular weight is 266 g/mol. The maximum Gasteiger partial charge on any atom is 0.245 e. The molecule has 1 aliphatic carbocycles. The number of hydrogen-bond donors (Lipinski definition) is 1. The van der Waals surface area contributed by atoms with E-state index >= 15 is 0 Å². The quantitative estimate of drug-likeness (QED) is 0.843. The van der Waals surface area contributed by atoms with Crippen LogP contribution in [0.2, 0.25) is 0 Å². The van der Waals surface area contributed by atoms with E-state index in [1.807, 2.05) is 0 Å². The van der Waals surface area contributed by atoms with Crippen molar-refractivity contribution in [3.8, 4) is 0 Å². The summed E-state index contributed by atoms with van der Waals surface area (Å²) < 4.78 is 0. The Balaban J connectivity index is 1.95. The molecule has 0 aromatic rings. The Hall–Kier alpha value is -1.06. The van der Waals surface area contributed by atoms with Gasteiger partial charge in [-0.3, -0.25) is 9.59 Å². The van der Waals surface area contributed by atoms with Gasteiger partial charge in [0, 0.05) is 6.54 Å². The van der Waals surface area contributed by atoms with Gasteiger partial charge in [-0.05, 0) is 37.0 Å². The summed E-state index contributed by atoms with van der Waals surface area (Å²) in [5, 5.41) is 2.83. The lowest BCUT2D eigenvalue weighted by molar-refractivity contribution is -0.145. The topological polar surface area (TPSA) is 49.4 Å². The van der Waals surface area contributed by atoms with Crippen LogP contribution in [0.5, 0.6) is 0 Å². The monoisotopic (exact) mass is 266 g/mol. The van der Waals surface area contributed by atoms with E-state index in [0.29, 0.717) is 11.8 Å². The Morgan fingerprint density at radius 1 is 1.32 bits per heavy atom. The fourth-order valence-electron chi connectivity index (χ4n) is 3.36. The highest BCUT2D eigenvalue weighted by atomic mass is 16.2. The highest BCUT2D eigenvalue weighted by molar-refractivity contribution is 5.94. The summed E-state index contributed by atoms with van der Waals surface area (Å²) in [5.74, 6) is 1.89. The highest BCUT2D eigenvalue weighted by Gasteiger charge is 2.35. The lowest BCUT2D eigenvalue weighted by Gasteiger charge is -2.34. The van der Waals surface area contributed by atoms with Crippen LogP contribution in [0.1, 0.15) is 46.5 Å². The normalized spacial score (nSPS) is 32.0. The molecule has 2 fully saturated rings. The van der Waals surface area contributed by atoms with Gasteiger partial charge >= 0.3 is 0 Å². The summed E-state index contributed by atoms with van der Waals surface area (Å²) >= 11 is 0. The molecule has 2 aliphatic rings. The van der Waals surface area contributed by atoms with Crippen molar-refractivity contribution >= 4 is 11.8 Å². The van der Waals surface area contributed by atoms with E-state index in [1.54, 1.807) is 4.90 Å². The van der Waals surface area contributed by atoms with Crippen LogP contribution in [0.15, 0.2) is 0 Å². The molecule has 1 saturated heterocycles. The van der Waals surface area contributed by atoms with Crippen molar-refractivity contribution < 1.29 is 9.59 Å². The van der Waals surface area contributed by atoms with Crippen molar-refractivity contribution in [2.75, 3.05) is 13.1 Å². The predicted molar refractivity (Wildman–Crippen MR) is 74.5 cm³/mol. The zero-order valence-corrected chi connectivity index (χ0v) is 12.3. The van der Waals surface area contributed by atoms with Gasteiger partial charge in [0.1, 0.15) is 6.04 Å². The van der Waals surface area contributed by atoms with Crippen LogP contribution in [0.3, 0.4) is 0 Å². The van der Waals surface area contributed by atoms with Crippen molar-refractivity contribution in [3.05, 3.63) is 0 Å². The van der Waals surface area contributed by atoms with Crippen LogP contribution in [0.25, 0.3) is 0 Å². The molecule has 0 radical (unpaired) electrons. The number of rotatable bonds is 4. The molecule has 108 valence electrons. The van der Waals surface area contributed by atoms with E-state index in [-0.39, 0.29) is 24.4 Å². The molecule has 0 bridgehead atoms. The van der Waals surface area contributed by atoms with Gasteiger partial charge in [0.2, 0.25) is 11.8 Å². The van der Waals surface area contributed by atoms with Crippen molar-refractivity contribution in [1.29, 1.82) is 0 Å². The second-order valence-corrected chi connectivity index (χ2v) is 6.75. The first-order valence-corrected chi connectivity index (χ1v) is 7.54. The molecule has 4 nitrogen and oxygen atoms in total. The minimum atomic E-state index is -0.305. The number of carbonyl (C=O) groups is 2.